The minimum atomic E-state index is -1.20. The summed E-state index contributed by atoms with van der Waals surface area (Å²) in [4.78, 5) is 38.3. The molecule has 2 N–H and O–H groups in total. The Balaban J connectivity index is 1.49. The Morgan fingerprint density at radius 1 is 1.09 bits per heavy atom. The fraction of sp³-hybridized carbons (Fsp3) is 0.222. The second-order valence-corrected chi connectivity index (χ2v) is 10.3. The van der Waals surface area contributed by atoms with Gasteiger partial charge in [-0.15, -0.1) is 11.8 Å². The summed E-state index contributed by atoms with van der Waals surface area (Å²) >= 11 is 1.74. The van der Waals surface area contributed by atoms with Gasteiger partial charge in [0.15, 0.2) is 5.82 Å². The lowest BCUT2D eigenvalue weighted by atomic mass is 9.70. The first-order chi connectivity index (χ1) is 17.1. The van der Waals surface area contributed by atoms with Crippen molar-refractivity contribution in [2.75, 3.05) is 16.9 Å². The van der Waals surface area contributed by atoms with E-state index in [-0.39, 0.29) is 35.3 Å². The van der Waals surface area contributed by atoms with E-state index in [2.05, 4.69) is 20.2 Å². The molecule has 35 heavy (non-hydrogen) atoms. The first-order valence-corrected chi connectivity index (χ1v) is 12.7. The van der Waals surface area contributed by atoms with Crippen LogP contribution in [-0.4, -0.2) is 44.2 Å². The summed E-state index contributed by atoms with van der Waals surface area (Å²) in [6.45, 7) is 0. The first kappa shape index (κ1) is 20.8. The lowest BCUT2D eigenvalue weighted by Gasteiger charge is -2.36. The zero-order chi connectivity index (χ0) is 23.7. The minimum absolute atomic E-state index is 0.1000. The minimum Gasteiger partial charge on any atom is -0.335 e. The maximum absolute atomic E-state index is 14.4. The molecule has 6 nitrogen and oxygen atoms in total. The highest BCUT2D eigenvalue weighted by Gasteiger charge is 2.69. The smallest absolute Gasteiger partial charge is 0.250 e. The number of aromatic amines is 1. The number of thioether (sulfide) groups is 1. The van der Waals surface area contributed by atoms with Gasteiger partial charge in [0.25, 0.3) is 0 Å². The van der Waals surface area contributed by atoms with Crippen molar-refractivity contribution in [2.45, 2.75) is 17.5 Å². The molecule has 1 spiro atoms. The van der Waals surface area contributed by atoms with Crippen LogP contribution in [0.5, 0.6) is 0 Å². The molecule has 3 aromatic carbocycles. The number of hydrogen-bond donors (Lipinski definition) is 2. The predicted molar refractivity (Wildman–Crippen MR) is 133 cm³/mol. The Bertz CT molecular complexity index is 1490. The van der Waals surface area contributed by atoms with Crippen molar-refractivity contribution in [3.05, 3.63) is 95.6 Å². The summed E-state index contributed by atoms with van der Waals surface area (Å²) in [5.41, 5.74) is 2.50. The number of nitrogens with zero attached hydrogens (tertiary/aromatic N) is 2. The van der Waals surface area contributed by atoms with Crippen molar-refractivity contribution >= 4 is 40.2 Å². The van der Waals surface area contributed by atoms with Gasteiger partial charge < -0.3 is 10.3 Å². The van der Waals surface area contributed by atoms with Crippen LogP contribution in [0.3, 0.4) is 0 Å². The van der Waals surface area contributed by atoms with Crippen LogP contribution in [0.4, 0.5) is 10.1 Å². The first-order valence-electron chi connectivity index (χ1n) is 11.6. The third-order valence-corrected chi connectivity index (χ3v) is 8.70. The number of nitrogens with one attached hydrogen (secondary N) is 2. The average molecular weight is 485 g/mol. The van der Waals surface area contributed by atoms with E-state index in [0.717, 1.165) is 28.1 Å². The van der Waals surface area contributed by atoms with Gasteiger partial charge in [0, 0.05) is 34.8 Å². The molecule has 3 unspecified atom stereocenters. The quantitative estimate of drug-likeness (QED) is 0.418. The Kier molecular flexibility index (Phi) is 4.47. The van der Waals surface area contributed by atoms with Gasteiger partial charge in [-0.1, -0.05) is 42.5 Å². The monoisotopic (exact) mass is 484 g/mol. The fourth-order valence-electron chi connectivity index (χ4n) is 6.34. The number of amides is 1. The van der Waals surface area contributed by atoms with Crippen molar-refractivity contribution in [3.63, 3.8) is 0 Å². The van der Waals surface area contributed by atoms with Gasteiger partial charge in [-0.2, -0.15) is 0 Å². The summed E-state index contributed by atoms with van der Waals surface area (Å²) in [5.74, 6) is -0.362. The van der Waals surface area contributed by atoms with Gasteiger partial charge in [-0.3, -0.25) is 14.5 Å². The van der Waals surface area contributed by atoms with Gasteiger partial charge >= 0.3 is 0 Å². The van der Waals surface area contributed by atoms with Crippen LogP contribution in [0.15, 0.2) is 72.8 Å². The lowest BCUT2D eigenvalue weighted by molar-refractivity contribution is -0.127. The highest BCUT2D eigenvalue weighted by molar-refractivity contribution is 7.99. The van der Waals surface area contributed by atoms with E-state index in [4.69, 9.17) is 0 Å². The molecule has 0 radical (unpaired) electrons. The zero-order valence-electron chi connectivity index (χ0n) is 18.6. The van der Waals surface area contributed by atoms with Crippen molar-refractivity contribution in [1.29, 1.82) is 0 Å². The van der Waals surface area contributed by atoms with Crippen LogP contribution in [0.25, 0.3) is 11.0 Å². The van der Waals surface area contributed by atoms with Crippen LogP contribution in [0, 0.1) is 11.7 Å². The van der Waals surface area contributed by atoms with E-state index in [1.807, 2.05) is 54.6 Å². The number of para-hydroxylation sites is 3. The van der Waals surface area contributed by atoms with E-state index < -0.39 is 11.5 Å². The largest absolute Gasteiger partial charge is 0.335 e. The molecule has 4 atom stereocenters. The number of aromatic nitrogens is 2. The van der Waals surface area contributed by atoms with Crippen molar-refractivity contribution in [3.8, 4) is 0 Å². The molecule has 2 saturated heterocycles. The SMILES string of the molecule is O=C(c1nc2ccccc2[nH]1)C1C(c2cccc(F)c2)C2CSCN2[C@@]12C(=O)Nc1ccccc12. The molecular formula is C27H21FN4O2S. The van der Waals surface area contributed by atoms with Gasteiger partial charge in [0.05, 0.1) is 17.0 Å². The molecule has 174 valence electrons. The molecule has 1 amide bonds. The van der Waals surface area contributed by atoms with Crippen molar-refractivity contribution in [2.24, 2.45) is 5.92 Å². The average Bonchev–Trinajstić information content (AvgIpc) is 3.61. The number of benzene rings is 3. The van der Waals surface area contributed by atoms with Gasteiger partial charge in [-0.25, -0.2) is 9.37 Å². The number of ketones is 1. The number of hydrogen-bond acceptors (Lipinski definition) is 5. The second kappa shape index (κ2) is 7.50. The van der Waals surface area contributed by atoms with Crippen LogP contribution in [0.1, 0.15) is 27.7 Å². The maximum atomic E-state index is 14.4. The molecule has 7 rings (SSSR count). The molecule has 8 heteroatoms. The Morgan fingerprint density at radius 2 is 1.91 bits per heavy atom. The summed E-state index contributed by atoms with van der Waals surface area (Å²) in [6.07, 6.45) is 0. The Labute approximate surface area is 204 Å². The molecule has 1 aromatic heterocycles. The molecule has 0 saturated carbocycles. The number of carbonyl (C=O) groups is 2. The number of anilines is 1. The highest BCUT2D eigenvalue weighted by Crippen LogP contribution is 2.61. The summed E-state index contributed by atoms with van der Waals surface area (Å²) in [6, 6.07) is 21.4. The number of rotatable bonds is 3. The highest BCUT2D eigenvalue weighted by atomic mass is 32.2. The number of H-pyrrole nitrogens is 1. The van der Waals surface area contributed by atoms with Crippen LogP contribution in [-0.2, 0) is 10.3 Å². The number of fused-ring (bicyclic) bond motifs is 5. The maximum Gasteiger partial charge on any atom is 0.250 e. The molecule has 3 aliphatic rings. The molecule has 0 bridgehead atoms. The van der Waals surface area contributed by atoms with Gasteiger partial charge in [0.2, 0.25) is 11.7 Å². The normalized spacial score (nSPS) is 27.3. The Hall–Kier alpha value is -3.49. The van der Waals surface area contributed by atoms with E-state index in [1.165, 1.54) is 12.1 Å². The van der Waals surface area contributed by atoms with Crippen LogP contribution in [0.2, 0.25) is 0 Å². The number of Topliss-reactive ketones (excluding diaryl/α,β-unsaturated/α-hetero) is 1. The third-order valence-electron chi connectivity index (χ3n) is 7.67. The third kappa shape index (κ3) is 2.78. The lowest BCUT2D eigenvalue weighted by Crippen LogP contribution is -2.52. The van der Waals surface area contributed by atoms with Gasteiger partial charge in [-0.05, 0) is 35.9 Å². The number of carbonyl (C=O) groups excluding carboxylic acids is 2. The fourth-order valence-corrected chi connectivity index (χ4v) is 7.66. The molecule has 4 aromatic rings. The van der Waals surface area contributed by atoms with Crippen LogP contribution < -0.4 is 5.32 Å². The summed E-state index contributed by atoms with van der Waals surface area (Å²) in [7, 11) is 0. The summed E-state index contributed by atoms with van der Waals surface area (Å²) in [5, 5.41) is 3.04. The topological polar surface area (TPSA) is 78.1 Å². The molecule has 3 aliphatic heterocycles. The zero-order valence-corrected chi connectivity index (χ0v) is 19.4. The van der Waals surface area contributed by atoms with E-state index in [9.17, 15) is 14.0 Å². The molecular weight excluding hydrogens is 463 g/mol. The summed E-state index contributed by atoms with van der Waals surface area (Å²) < 4.78 is 14.4. The molecule has 0 aliphatic carbocycles. The van der Waals surface area contributed by atoms with Crippen molar-refractivity contribution < 1.29 is 14.0 Å². The predicted octanol–water partition coefficient (Wildman–Crippen LogP) is 4.52. The number of imidazole rings is 1. The second-order valence-electron chi connectivity index (χ2n) is 9.33. The van der Waals surface area contributed by atoms with Crippen molar-refractivity contribution in [1.82, 2.24) is 14.9 Å². The van der Waals surface area contributed by atoms with E-state index >= 15 is 0 Å². The molecule has 2 fully saturated rings. The Morgan fingerprint density at radius 3 is 2.77 bits per heavy atom. The van der Waals surface area contributed by atoms with Crippen LogP contribution >= 0.6 is 11.8 Å². The van der Waals surface area contributed by atoms with Gasteiger partial charge in [0.1, 0.15) is 11.4 Å². The number of halogens is 1. The molecule has 4 heterocycles. The standard InChI is InChI=1S/C27H21FN4O2S/c28-16-7-5-6-15(12-16)22-21-13-35-14-32(21)27(17-8-1-2-9-18(17)31-26(27)34)23(22)24(33)25-29-19-10-3-4-11-20(19)30-25/h1-12,21-23H,13-14H2,(H,29,30)(H,31,34)/t21?,22?,23?,27-/m1/s1. The van der Waals surface area contributed by atoms with E-state index in [0.29, 0.717) is 11.4 Å². The van der Waals surface area contributed by atoms with E-state index in [1.54, 1.807) is 17.8 Å².